The first-order valence-electron chi connectivity index (χ1n) is 5.99. The third kappa shape index (κ3) is 2.24. The van der Waals surface area contributed by atoms with Gasteiger partial charge in [-0.25, -0.2) is 0 Å². The number of benzene rings is 1. The summed E-state index contributed by atoms with van der Waals surface area (Å²) in [5.41, 5.74) is 3.06. The van der Waals surface area contributed by atoms with E-state index >= 15 is 0 Å². The first-order chi connectivity index (χ1) is 9.06. The van der Waals surface area contributed by atoms with Crippen molar-refractivity contribution in [3.05, 3.63) is 55.9 Å². The molecule has 0 aliphatic carbocycles. The molecule has 0 aliphatic rings. The molecule has 0 saturated heterocycles. The third-order valence-electron chi connectivity index (χ3n) is 3.18. The van der Waals surface area contributed by atoms with Crippen molar-refractivity contribution in [3.8, 4) is 0 Å². The molecule has 0 saturated carbocycles. The molecule has 1 atom stereocenters. The van der Waals surface area contributed by atoms with Gasteiger partial charge in [-0.2, -0.15) is 0 Å². The predicted octanol–water partition coefficient (Wildman–Crippen LogP) is 4.96. The lowest BCUT2D eigenvalue weighted by Crippen LogP contribution is -1.94. The monoisotopic (exact) mass is 336 g/mol. The van der Waals surface area contributed by atoms with Crippen LogP contribution in [0.2, 0.25) is 0 Å². The van der Waals surface area contributed by atoms with Gasteiger partial charge in [0.2, 0.25) is 0 Å². The summed E-state index contributed by atoms with van der Waals surface area (Å²) in [5, 5.41) is 11.4. The molecule has 2 nitrogen and oxygen atoms in total. The smallest absolute Gasteiger partial charge is 0.146 e. The van der Waals surface area contributed by atoms with Crippen LogP contribution in [0.1, 0.15) is 27.9 Å². The van der Waals surface area contributed by atoms with Crippen molar-refractivity contribution in [3.63, 3.8) is 0 Å². The van der Waals surface area contributed by atoms with Crippen LogP contribution in [0.25, 0.3) is 11.0 Å². The highest BCUT2D eigenvalue weighted by Crippen LogP contribution is 2.36. The van der Waals surface area contributed by atoms with E-state index in [0.29, 0.717) is 5.76 Å². The van der Waals surface area contributed by atoms with Crippen molar-refractivity contribution >= 4 is 38.2 Å². The molecule has 1 unspecified atom stereocenters. The highest BCUT2D eigenvalue weighted by molar-refractivity contribution is 9.11. The Bertz CT molecular complexity index is 722. The molecule has 3 rings (SSSR count). The molecular weight excluding hydrogens is 324 g/mol. The molecule has 0 fully saturated rings. The van der Waals surface area contributed by atoms with Gasteiger partial charge >= 0.3 is 0 Å². The number of aliphatic hydroxyl groups is 1. The van der Waals surface area contributed by atoms with Crippen LogP contribution < -0.4 is 0 Å². The minimum atomic E-state index is -0.707. The van der Waals surface area contributed by atoms with Gasteiger partial charge in [-0.05, 0) is 53.0 Å². The maximum atomic E-state index is 10.4. The molecule has 19 heavy (non-hydrogen) atoms. The number of hydrogen-bond donors (Lipinski definition) is 1. The van der Waals surface area contributed by atoms with Gasteiger partial charge in [0, 0.05) is 10.3 Å². The zero-order chi connectivity index (χ0) is 13.6. The van der Waals surface area contributed by atoms with Crippen molar-refractivity contribution in [2.75, 3.05) is 0 Å². The summed E-state index contributed by atoms with van der Waals surface area (Å²) in [5.74, 6) is 0.595. The largest absolute Gasteiger partial charge is 0.458 e. The van der Waals surface area contributed by atoms with Crippen LogP contribution in [-0.2, 0) is 0 Å². The van der Waals surface area contributed by atoms with E-state index in [-0.39, 0.29) is 0 Å². The summed E-state index contributed by atoms with van der Waals surface area (Å²) in [6.45, 7) is 4.02. The number of hydrogen-bond acceptors (Lipinski definition) is 3. The fraction of sp³-hybridized carbons (Fsp3) is 0.200. The molecule has 0 aliphatic heterocycles. The van der Waals surface area contributed by atoms with Gasteiger partial charge in [-0.1, -0.05) is 18.2 Å². The van der Waals surface area contributed by atoms with Crippen molar-refractivity contribution < 1.29 is 9.52 Å². The molecule has 2 aromatic heterocycles. The normalized spacial score (nSPS) is 13.1. The lowest BCUT2D eigenvalue weighted by molar-refractivity contribution is 0.196. The van der Waals surface area contributed by atoms with E-state index in [1.54, 1.807) is 0 Å². The van der Waals surface area contributed by atoms with Crippen LogP contribution in [0.4, 0.5) is 0 Å². The molecule has 0 spiro atoms. The Hall–Kier alpha value is -1.10. The maximum Gasteiger partial charge on any atom is 0.146 e. The van der Waals surface area contributed by atoms with Crippen molar-refractivity contribution in [2.45, 2.75) is 20.0 Å². The first-order valence-corrected chi connectivity index (χ1v) is 7.60. The highest BCUT2D eigenvalue weighted by atomic mass is 79.9. The first kappa shape index (κ1) is 12.9. The Morgan fingerprint density at radius 2 is 2.00 bits per heavy atom. The Morgan fingerprint density at radius 1 is 1.21 bits per heavy atom. The van der Waals surface area contributed by atoms with E-state index < -0.39 is 6.10 Å². The summed E-state index contributed by atoms with van der Waals surface area (Å²) >= 11 is 5.02. The van der Waals surface area contributed by atoms with Crippen LogP contribution in [0.15, 0.2) is 38.5 Å². The minimum absolute atomic E-state index is 0.595. The van der Waals surface area contributed by atoms with E-state index in [0.717, 1.165) is 30.8 Å². The summed E-state index contributed by atoms with van der Waals surface area (Å²) in [7, 11) is 0. The zero-order valence-electron chi connectivity index (χ0n) is 10.6. The molecule has 1 N–H and O–H groups in total. The quantitative estimate of drug-likeness (QED) is 0.717. The molecule has 1 aromatic carbocycles. The minimum Gasteiger partial charge on any atom is -0.458 e. The molecule has 2 heterocycles. The fourth-order valence-electron chi connectivity index (χ4n) is 2.12. The number of thiophene rings is 1. The van der Waals surface area contributed by atoms with Crippen molar-refractivity contribution in [1.82, 2.24) is 0 Å². The SMILES string of the molecule is Cc1cc(C(O)c2cc3cccc(C)c3o2)sc1Br. The Kier molecular flexibility index (Phi) is 3.25. The topological polar surface area (TPSA) is 33.4 Å². The van der Waals surface area contributed by atoms with Crippen LogP contribution >= 0.6 is 27.3 Å². The van der Waals surface area contributed by atoms with E-state index in [1.807, 2.05) is 44.2 Å². The van der Waals surface area contributed by atoms with Gasteiger partial charge in [0.05, 0.1) is 3.79 Å². The van der Waals surface area contributed by atoms with Crippen LogP contribution in [0, 0.1) is 13.8 Å². The van der Waals surface area contributed by atoms with Gasteiger partial charge in [-0.3, -0.25) is 0 Å². The van der Waals surface area contributed by atoms with E-state index in [4.69, 9.17) is 4.42 Å². The number of furan rings is 1. The van der Waals surface area contributed by atoms with Gasteiger partial charge in [0.1, 0.15) is 17.4 Å². The lowest BCUT2D eigenvalue weighted by atomic mass is 10.1. The second-order valence-corrected chi connectivity index (χ2v) is 7.05. The molecule has 4 heteroatoms. The number of aryl methyl sites for hydroxylation is 2. The molecular formula is C15H13BrO2S. The fourth-order valence-corrected chi connectivity index (χ4v) is 3.69. The molecule has 0 amide bonds. The molecule has 0 bridgehead atoms. The summed E-state index contributed by atoms with van der Waals surface area (Å²) in [6.07, 6.45) is -0.707. The second kappa shape index (κ2) is 4.78. The van der Waals surface area contributed by atoms with Gasteiger partial charge in [0.15, 0.2) is 0 Å². The predicted molar refractivity (Wildman–Crippen MR) is 81.8 cm³/mol. The van der Waals surface area contributed by atoms with E-state index in [1.165, 1.54) is 11.3 Å². The zero-order valence-corrected chi connectivity index (χ0v) is 13.0. The van der Waals surface area contributed by atoms with Crippen LogP contribution in [0.3, 0.4) is 0 Å². The summed E-state index contributed by atoms with van der Waals surface area (Å²) in [4.78, 5) is 0.890. The van der Waals surface area contributed by atoms with Crippen LogP contribution in [-0.4, -0.2) is 5.11 Å². The number of aliphatic hydroxyl groups excluding tert-OH is 1. The Morgan fingerprint density at radius 3 is 2.63 bits per heavy atom. The third-order valence-corrected chi connectivity index (χ3v) is 5.36. The van der Waals surface area contributed by atoms with Crippen LogP contribution in [0.5, 0.6) is 0 Å². The Labute approximate surface area is 123 Å². The maximum absolute atomic E-state index is 10.4. The molecule has 3 aromatic rings. The highest BCUT2D eigenvalue weighted by Gasteiger charge is 2.19. The van der Waals surface area contributed by atoms with E-state index in [9.17, 15) is 5.11 Å². The van der Waals surface area contributed by atoms with Gasteiger partial charge in [-0.15, -0.1) is 11.3 Å². The second-order valence-electron chi connectivity index (χ2n) is 4.65. The number of rotatable bonds is 2. The lowest BCUT2D eigenvalue weighted by Gasteiger charge is -2.03. The van der Waals surface area contributed by atoms with Gasteiger partial charge in [0.25, 0.3) is 0 Å². The summed E-state index contributed by atoms with van der Waals surface area (Å²) in [6, 6.07) is 9.90. The van der Waals surface area contributed by atoms with Crippen molar-refractivity contribution in [1.29, 1.82) is 0 Å². The standard InChI is InChI=1S/C15H13BrO2S/c1-8-4-3-5-10-7-11(18-14(8)10)13(17)12-6-9(2)15(16)19-12/h3-7,13,17H,1-2H3. The summed E-state index contributed by atoms with van der Waals surface area (Å²) < 4.78 is 6.86. The number of fused-ring (bicyclic) bond motifs is 1. The average molecular weight is 337 g/mol. The van der Waals surface area contributed by atoms with Crippen molar-refractivity contribution in [2.24, 2.45) is 0 Å². The average Bonchev–Trinajstić information content (AvgIpc) is 2.94. The molecule has 98 valence electrons. The molecule has 0 radical (unpaired) electrons. The number of para-hydroxylation sites is 1. The Balaban J connectivity index is 2.06. The van der Waals surface area contributed by atoms with Gasteiger partial charge < -0.3 is 9.52 Å². The van der Waals surface area contributed by atoms with E-state index in [2.05, 4.69) is 15.9 Å². The number of halogens is 1.